The smallest absolute Gasteiger partial charge is 0.223 e. The van der Waals surface area contributed by atoms with Crippen molar-refractivity contribution in [2.75, 3.05) is 19.7 Å². The molecule has 4 nitrogen and oxygen atoms in total. The third-order valence-electron chi connectivity index (χ3n) is 4.43. The molecule has 0 spiro atoms. The summed E-state index contributed by atoms with van der Waals surface area (Å²) in [5.41, 5.74) is 0.906. The molecular formula is C18H25NO3. The van der Waals surface area contributed by atoms with Crippen LogP contribution in [0.15, 0.2) is 24.3 Å². The number of nitrogens with zero attached hydrogens (tertiary/aromatic N) is 1. The van der Waals surface area contributed by atoms with E-state index in [4.69, 9.17) is 9.47 Å². The molecule has 0 N–H and O–H groups in total. The van der Waals surface area contributed by atoms with E-state index in [1.54, 1.807) is 0 Å². The first-order chi connectivity index (χ1) is 10.4. The fourth-order valence-electron chi connectivity index (χ4n) is 3.61. The molecule has 0 aromatic heterocycles. The lowest BCUT2D eigenvalue weighted by Gasteiger charge is -2.42. The highest BCUT2D eigenvalue weighted by Gasteiger charge is 2.35. The minimum atomic E-state index is -0.263. The SMILES string of the molecule is C[C@H]1CN(C(=O)C[C@H]2CCOc3ccccc32)CC(C)(C)O1. The van der Waals surface area contributed by atoms with Gasteiger partial charge in [-0.2, -0.15) is 0 Å². The van der Waals surface area contributed by atoms with E-state index in [2.05, 4.69) is 6.07 Å². The van der Waals surface area contributed by atoms with Crippen LogP contribution < -0.4 is 4.74 Å². The molecule has 4 heteroatoms. The average Bonchev–Trinajstić information content (AvgIpc) is 2.45. The van der Waals surface area contributed by atoms with Crippen molar-refractivity contribution in [2.45, 2.75) is 51.2 Å². The van der Waals surface area contributed by atoms with Crippen LogP contribution in [-0.2, 0) is 9.53 Å². The highest BCUT2D eigenvalue weighted by Crippen LogP contribution is 2.36. The molecule has 2 heterocycles. The van der Waals surface area contributed by atoms with Crippen LogP contribution in [0.1, 0.15) is 45.1 Å². The van der Waals surface area contributed by atoms with Crippen molar-refractivity contribution in [1.29, 1.82) is 0 Å². The minimum Gasteiger partial charge on any atom is -0.493 e. The molecule has 3 rings (SSSR count). The Morgan fingerprint density at radius 1 is 1.36 bits per heavy atom. The van der Waals surface area contributed by atoms with Gasteiger partial charge in [-0.3, -0.25) is 4.79 Å². The number of fused-ring (bicyclic) bond motifs is 1. The van der Waals surface area contributed by atoms with Crippen molar-refractivity contribution in [1.82, 2.24) is 4.90 Å². The van der Waals surface area contributed by atoms with Crippen molar-refractivity contribution < 1.29 is 14.3 Å². The topological polar surface area (TPSA) is 38.8 Å². The molecule has 0 unspecified atom stereocenters. The molecule has 2 atom stereocenters. The second-order valence-corrected chi connectivity index (χ2v) is 7.04. The molecule has 2 aliphatic heterocycles. The van der Waals surface area contributed by atoms with Gasteiger partial charge in [-0.15, -0.1) is 0 Å². The number of benzene rings is 1. The summed E-state index contributed by atoms with van der Waals surface area (Å²) in [4.78, 5) is 14.7. The summed E-state index contributed by atoms with van der Waals surface area (Å²) in [5.74, 6) is 1.42. The Hall–Kier alpha value is -1.55. The molecule has 1 amide bonds. The average molecular weight is 303 g/mol. The molecule has 1 fully saturated rings. The Bertz CT molecular complexity index is 555. The number of carbonyl (C=O) groups is 1. The number of rotatable bonds is 2. The van der Waals surface area contributed by atoms with Crippen molar-refractivity contribution >= 4 is 5.91 Å². The molecule has 22 heavy (non-hydrogen) atoms. The van der Waals surface area contributed by atoms with Gasteiger partial charge in [-0.05, 0) is 44.7 Å². The maximum atomic E-state index is 12.7. The Morgan fingerprint density at radius 3 is 2.91 bits per heavy atom. The van der Waals surface area contributed by atoms with Crippen LogP contribution in [0.25, 0.3) is 0 Å². The number of hydrogen-bond acceptors (Lipinski definition) is 3. The van der Waals surface area contributed by atoms with Crippen LogP contribution in [0.2, 0.25) is 0 Å². The number of amides is 1. The zero-order valence-electron chi connectivity index (χ0n) is 13.7. The Labute approximate surface area is 132 Å². The highest BCUT2D eigenvalue weighted by atomic mass is 16.5. The molecule has 120 valence electrons. The summed E-state index contributed by atoms with van der Waals surface area (Å²) in [5, 5.41) is 0. The summed E-state index contributed by atoms with van der Waals surface area (Å²) < 4.78 is 11.6. The third-order valence-corrected chi connectivity index (χ3v) is 4.43. The summed E-state index contributed by atoms with van der Waals surface area (Å²) in [6.45, 7) is 8.18. The van der Waals surface area contributed by atoms with Gasteiger partial charge in [0, 0.05) is 19.5 Å². The summed E-state index contributed by atoms with van der Waals surface area (Å²) in [7, 11) is 0. The lowest BCUT2D eigenvalue weighted by atomic mass is 9.89. The molecular weight excluding hydrogens is 278 g/mol. The van der Waals surface area contributed by atoms with Crippen molar-refractivity contribution in [3.05, 3.63) is 29.8 Å². The van der Waals surface area contributed by atoms with E-state index in [0.29, 0.717) is 26.1 Å². The summed E-state index contributed by atoms with van der Waals surface area (Å²) >= 11 is 0. The molecule has 0 radical (unpaired) electrons. The Morgan fingerprint density at radius 2 is 2.14 bits per heavy atom. The predicted molar refractivity (Wildman–Crippen MR) is 85.1 cm³/mol. The molecule has 1 aromatic rings. The van der Waals surface area contributed by atoms with Gasteiger partial charge in [-0.25, -0.2) is 0 Å². The van der Waals surface area contributed by atoms with E-state index in [1.165, 1.54) is 5.56 Å². The van der Waals surface area contributed by atoms with Crippen LogP contribution in [0.4, 0.5) is 0 Å². The monoisotopic (exact) mass is 303 g/mol. The van der Waals surface area contributed by atoms with E-state index in [9.17, 15) is 4.79 Å². The lowest BCUT2D eigenvalue weighted by molar-refractivity contribution is -0.158. The number of carbonyl (C=O) groups excluding carboxylic acids is 1. The first-order valence-corrected chi connectivity index (χ1v) is 8.12. The van der Waals surface area contributed by atoms with Crippen LogP contribution in [0.5, 0.6) is 5.75 Å². The molecule has 1 aromatic carbocycles. The van der Waals surface area contributed by atoms with Gasteiger partial charge < -0.3 is 14.4 Å². The van der Waals surface area contributed by atoms with Crippen LogP contribution in [0.3, 0.4) is 0 Å². The van der Waals surface area contributed by atoms with Gasteiger partial charge in [0.1, 0.15) is 5.75 Å². The Kier molecular flexibility index (Phi) is 4.13. The Balaban J connectivity index is 1.70. The molecule has 0 aliphatic carbocycles. The van der Waals surface area contributed by atoms with Crippen molar-refractivity contribution in [3.63, 3.8) is 0 Å². The maximum absolute atomic E-state index is 12.7. The number of hydrogen-bond donors (Lipinski definition) is 0. The first kappa shape index (κ1) is 15.3. The van der Waals surface area contributed by atoms with Gasteiger partial charge >= 0.3 is 0 Å². The zero-order valence-corrected chi connectivity index (χ0v) is 13.7. The van der Waals surface area contributed by atoms with Crippen LogP contribution in [0, 0.1) is 0 Å². The van der Waals surface area contributed by atoms with Crippen LogP contribution >= 0.6 is 0 Å². The van der Waals surface area contributed by atoms with Crippen molar-refractivity contribution in [3.8, 4) is 5.75 Å². The second-order valence-electron chi connectivity index (χ2n) is 7.04. The molecule has 2 aliphatic rings. The first-order valence-electron chi connectivity index (χ1n) is 8.12. The highest BCUT2D eigenvalue weighted by molar-refractivity contribution is 5.77. The molecule has 0 bridgehead atoms. The quantitative estimate of drug-likeness (QED) is 0.843. The van der Waals surface area contributed by atoms with Crippen LogP contribution in [-0.4, -0.2) is 42.2 Å². The van der Waals surface area contributed by atoms with Gasteiger partial charge in [0.05, 0.1) is 18.3 Å². The predicted octanol–water partition coefficient (Wildman–Crippen LogP) is 2.97. The standard InChI is InChI=1S/C18H25NO3/c1-13-11-19(12-18(2,3)22-13)17(20)10-14-8-9-21-16-7-5-4-6-15(14)16/h4-7,13-14H,8-12H2,1-3H3/t13-,14+/m0/s1. The third kappa shape index (κ3) is 3.27. The van der Waals surface area contributed by atoms with E-state index in [0.717, 1.165) is 12.2 Å². The second kappa shape index (κ2) is 5.92. The fraction of sp³-hybridized carbons (Fsp3) is 0.611. The van der Waals surface area contributed by atoms with E-state index in [-0.39, 0.29) is 23.5 Å². The molecule has 1 saturated heterocycles. The van der Waals surface area contributed by atoms with E-state index >= 15 is 0 Å². The largest absolute Gasteiger partial charge is 0.493 e. The number of para-hydroxylation sites is 1. The van der Waals surface area contributed by atoms with E-state index in [1.807, 2.05) is 43.9 Å². The van der Waals surface area contributed by atoms with Crippen molar-refractivity contribution in [2.24, 2.45) is 0 Å². The summed E-state index contributed by atoms with van der Waals surface area (Å²) in [6.07, 6.45) is 1.56. The van der Waals surface area contributed by atoms with Gasteiger partial charge in [0.15, 0.2) is 0 Å². The summed E-state index contributed by atoms with van der Waals surface area (Å²) in [6, 6.07) is 8.07. The normalized spacial score (nSPS) is 27.0. The van der Waals surface area contributed by atoms with E-state index < -0.39 is 0 Å². The maximum Gasteiger partial charge on any atom is 0.223 e. The fourth-order valence-corrected chi connectivity index (χ4v) is 3.61. The number of morpholine rings is 1. The van der Waals surface area contributed by atoms with Gasteiger partial charge in [-0.1, -0.05) is 18.2 Å². The minimum absolute atomic E-state index is 0.0923. The number of ether oxygens (including phenoxy) is 2. The van der Waals surface area contributed by atoms with Gasteiger partial charge in [0.2, 0.25) is 5.91 Å². The lowest BCUT2D eigenvalue weighted by Crippen LogP contribution is -2.54. The zero-order chi connectivity index (χ0) is 15.7. The molecule has 0 saturated carbocycles. The van der Waals surface area contributed by atoms with Gasteiger partial charge in [0.25, 0.3) is 0 Å².